The lowest BCUT2D eigenvalue weighted by Gasteiger charge is -2.10. The maximum absolute atomic E-state index is 14.1. The topological polar surface area (TPSA) is 52.7 Å². The Morgan fingerprint density at radius 2 is 1.93 bits per heavy atom. The average molecular weight is 383 g/mol. The van der Waals surface area contributed by atoms with Crippen molar-refractivity contribution in [2.75, 3.05) is 0 Å². The highest BCUT2D eigenvalue weighted by Crippen LogP contribution is 2.21. The molecule has 0 N–H and O–H groups in total. The maximum atomic E-state index is 14.1. The first-order valence-corrected chi connectivity index (χ1v) is 8.78. The number of aromatic nitrogens is 4. The van der Waals surface area contributed by atoms with Crippen LogP contribution < -0.4 is 5.56 Å². The van der Waals surface area contributed by atoms with E-state index < -0.39 is 5.82 Å². The summed E-state index contributed by atoms with van der Waals surface area (Å²) < 4.78 is 17.0. The lowest BCUT2D eigenvalue weighted by atomic mass is 10.1. The number of nitrogens with zero attached hydrogens (tertiary/aromatic N) is 4. The summed E-state index contributed by atoms with van der Waals surface area (Å²) in [5.41, 5.74) is 3.47. The fraction of sp³-hybridized carbons (Fsp3) is 0.150. The summed E-state index contributed by atoms with van der Waals surface area (Å²) in [4.78, 5) is 17.3. The van der Waals surface area contributed by atoms with Gasteiger partial charge in [-0.2, -0.15) is 5.10 Å². The summed E-state index contributed by atoms with van der Waals surface area (Å²) in [7, 11) is 0. The highest BCUT2D eigenvalue weighted by molar-refractivity contribution is 6.31. The van der Waals surface area contributed by atoms with Gasteiger partial charge in [-0.25, -0.2) is 14.1 Å². The van der Waals surface area contributed by atoms with E-state index in [0.29, 0.717) is 11.0 Å². The van der Waals surface area contributed by atoms with Crippen molar-refractivity contribution < 1.29 is 4.39 Å². The smallest absolute Gasteiger partial charge is 0.264 e. The summed E-state index contributed by atoms with van der Waals surface area (Å²) in [6.45, 7) is 4.02. The van der Waals surface area contributed by atoms with E-state index in [1.165, 1.54) is 29.2 Å². The molecule has 7 heteroatoms. The highest BCUT2D eigenvalue weighted by atomic mass is 35.5. The molecule has 2 aromatic heterocycles. The highest BCUT2D eigenvalue weighted by Gasteiger charge is 2.15. The van der Waals surface area contributed by atoms with Gasteiger partial charge in [0.1, 0.15) is 17.5 Å². The van der Waals surface area contributed by atoms with E-state index in [9.17, 15) is 9.18 Å². The number of hydrogen-bond acceptors (Lipinski definition) is 3. The molecule has 0 spiro atoms. The Kier molecular flexibility index (Phi) is 4.28. The first-order valence-electron chi connectivity index (χ1n) is 8.40. The standard InChI is InChI=1S/C20H16ClFN4O/c1-12-5-3-8-18(13(12)2)26-19-14(9-24-26)20(27)25(11-23-19)10-15-16(21)6-4-7-17(15)22/h3-9,11H,10H2,1-2H3. The third-order valence-electron chi connectivity index (χ3n) is 4.75. The monoisotopic (exact) mass is 382 g/mol. The van der Waals surface area contributed by atoms with Crippen LogP contribution in [-0.4, -0.2) is 19.3 Å². The third kappa shape index (κ3) is 2.92. The van der Waals surface area contributed by atoms with Crippen LogP contribution in [-0.2, 0) is 6.54 Å². The summed E-state index contributed by atoms with van der Waals surface area (Å²) >= 11 is 6.07. The maximum Gasteiger partial charge on any atom is 0.264 e. The predicted octanol–water partition coefficient (Wildman–Crippen LogP) is 4.04. The minimum absolute atomic E-state index is 0.00192. The van der Waals surface area contributed by atoms with E-state index in [-0.39, 0.29) is 22.7 Å². The second kappa shape index (κ2) is 6.63. The molecule has 0 amide bonds. The van der Waals surface area contributed by atoms with E-state index in [4.69, 9.17) is 11.6 Å². The van der Waals surface area contributed by atoms with Gasteiger partial charge in [-0.3, -0.25) is 9.36 Å². The van der Waals surface area contributed by atoms with Crippen LogP contribution in [0.4, 0.5) is 4.39 Å². The SMILES string of the molecule is Cc1cccc(-n2ncc3c(=O)n(Cc4c(F)cccc4Cl)cnc32)c1C. The van der Waals surface area contributed by atoms with Gasteiger partial charge in [0.2, 0.25) is 0 Å². The molecule has 5 nitrogen and oxygen atoms in total. The number of aryl methyl sites for hydroxylation is 1. The van der Waals surface area contributed by atoms with Gasteiger partial charge in [0.15, 0.2) is 5.65 Å². The van der Waals surface area contributed by atoms with E-state index in [2.05, 4.69) is 10.1 Å². The Balaban J connectivity index is 1.83. The normalized spacial score (nSPS) is 11.3. The van der Waals surface area contributed by atoms with E-state index in [0.717, 1.165) is 16.8 Å². The number of rotatable bonds is 3. The van der Waals surface area contributed by atoms with Gasteiger partial charge < -0.3 is 0 Å². The van der Waals surface area contributed by atoms with Gasteiger partial charge in [-0.05, 0) is 43.2 Å². The Morgan fingerprint density at radius 1 is 1.15 bits per heavy atom. The first kappa shape index (κ1) is 17.4. The molecular formula is C20H16ClFN4O. The molecule has 0 aliphatic rings. The van der Waals surface area contributed by atoms with Crippen molar-refractivity contribution in [2.45, 2.75) is 20.4 Å². The van der Waals surface area contributed by atoms with Crippen LogP contribution in [0.25, 0.3) is 16.7 Å². The van der Waals surface area contributed by atoms with Crippen LogP contribution in [0.1, 0.15) is 16.7 Å². The summed E-state index contributed by atoms with van der Waals surface area (Å²) in [6, 6.07) is 10.3. The van der Waals surface area contributed by atoms with Crippen LogP contribution >= 0.6 is 11.6 Å². The molecule has 0 fully saturated rings. The number of halogens is 2. The molecule has 0 radical (unpaired) electrons. The molecule has 4 aromatic rings. The molecule has 27 heavy (non-hydrogen) atoms. The molecule has 0 unspecified atom stereocenters. The molecule has 0 saturated carbocycles. The van der Waals surface area contributed by atoms with Gasteiger partial charge in [0, 0.05) is 10.6 Å². The van der Waals surface area contributed by atoms with Gasteiger partial charge in [-0.15, -0.1) is 0 Å². The van der Waals surface area contributed by atoms with Crippen LogP contribution in [0.3, 0.4) is 0 Å². The fourth-order valence-electron chi connectivity index (χ4n) is 3.06. The Bertz CT molecular complexity index is 1210. The molecule has 0 saturated heterocycles. The van der Waals surface area contributed by atoms with Crippen LogP contribution in [0.2, 0.25) is 5.02 Å². The lowest BCUT2D eigenvalue weighted by molar-refractivity contribution is 0.595. The van der Waals surface area contributed by atoms with E-state index >= 15 is 0 Å². The zero-order valence-corrected chi connectivity index (χ0v) is 15.5. The first-order chi connectivity index (χ1) is 13.0. The zero-order valence-electron chi connectivity index (χ0n) is 14.8. The van der Waals surface area contributed by atoms with Crippen molar-refractivity contribution in [1.29, 1.82) is 0 Å². The van der Waals surface area contributed by atoms with Gasteiger partial charge >= 0.3 is 0 Å². The minimum Gasteiger partial charge on any atom is -0.294 e. The Morgan fingerprint density at radius 3 is 2.70 bits per heavy atom. The molecule has 0 aliphatic carbocycles. The number of fused-ring (bicyclic) bond motifs is 1. The molecule has 136 valence electrons. The summed E-state index contributed by atoms with van der Waals surface area (Å²) in [5.74, 6) is -0.458. The van der Waals surface area contributed by atoms with Crippen LogP contribution in [0.5, 0.6) is 0 Å². The molecule has 0 aliphatic heterocycles. The van der Waals surface area contributed by atoms with E-state index in [1.807, 2.05) is 32.0 Å². The van der Waals surface area contributed by atoms with Crippen molar-refractivity contribution in [3.05, 3.63) is 86.8 Å². The average Bonchev–Trinajstić information content (AvgIpc) is 3.07. The van der Waals surface area contributed by atoms with Crippen molar-refractivity contribution >= 4 is 22.6 Å². The lowest BCUT2D eigenvalue weighted by Crippen LogP contribution is -2.21. The molecule has 0 atom stereocenters. The second-order valence-electron chi connectivity index (χ2n) is 6.39. The summed E-state index contributed by atoms with van der Waals surface area (Å²) in [5, 5.41) is 4.99. The quantitative estimate of drug-likeness (QED) is 0.537. The van der Waals surface area contributed by atoms with Gasteiger partial charge in [-0.1, -0.05) is 29.8 Å². The molecule has 0 bridgehead atoms. The molecule has 2 aromatic carbocycles. The van der Waals surface area contributed by atoms with E-state index in [1.54, 1.807) is 10.7 Å². The van der Waals surface area contributed by atoms with Crippen LogP contribution in [0.15, 0.2) is 53.7 Å². The number of hydrogen-bond donors (Lipinski definition) is 0. The van der Waals surface area contributed by atoms with Crippen molar-refractivity contribution in [2.24, 2.45) is 0 Å². The molecule has 2 heterocycles. The Hall–Kier alpha value is -2.99. The number of benzene rings is 2. The van der Waals surface area contributed by atoms with Crippen molar-refractivity contribution in [3.63, 3.8) is 0 Å². The largest absolute Gasteiger partial charge is 0.294 e. The fourth-order valence-corrected chi connectivity index (χ4v) is 3.28. The molecule has 4 rings (SSSR count). The second-order valence-corrected chi connectivity index (χ2v) is 6.80. The predicted molar refractivity (Wildman–Crippen MR) is 103 cm³/mol. The van der Waals surface area contributed by atoms with Crippen molar-refractivity contribution in [1.82, 2.24) is 19.3 Å². The Labute approximate surface area is 159 Å². The minimum atomic E-state index is -0.458. The summed E-state index contributed by atoms with van der Waals surface area (Å²) in [6.07, 6.45) is 2.89. The van der Waals surface area contributed by atoms with Crippen molar-refractivity contribution in [3.8, 4) is 5.69 Å². The molecular weight excluding hydrogens is 367 g/mol. The zero-order chi connectivity index (χ0) is 19.1. The van der Waals surface area contributed by atoms with Gasteiger partial charge in [0.25, 0.3) is 5.56 Å². The van der Waals surface area contributed by atoms with Gasteiger partial charge in [0.05, 0.1) is 18.4 Å². The third-order valence-corrected chi connectivity index (χ3v) is 5.10. The van der Waals surface area contributed by atoms with Crippen LogP contribution in [0, 0.1) is 19.7 Å².